The summed E-state index contributed by atoms with van der Waals surface area (Å²) in [5.41, 5.74) is 0. The van der Waals surface area contributed by atoms with E-state index in [1.54, 1.807) is 0 Å². The van der Waals surface area contributed by atoms with Crippen LogP contribution in [0.5, 0.6) is 0 Å². The molecular formula is C19H36O2. The Morgan fingerprint density at radius 3 is 2.33 bits per heavy atom. The van der Waals surface area contributed by atoms with Gasteiger partial charge in [0, 0.05) is 19.4 Å². The predicted molar refractivity (Wildman–Crippen MR) is 88.1 cm³/mol. The average Bonchev–Trinajstić information content (AvgIpc) is 2.47. The lowest BCUT2D eigenvalue weighted by molar-refractivity contribution is -0.224. The first-order valence-corrected chi connectivity index (χ1v) is 9.44. The Morgan fingerprint density at radius 2 is 1.76 bits per heavy atom. The minimum absolute atomic E-state index is 0.626. The fourth-order valence-corrected chi connectivity index (χ4v) is 4.80. The van der Waals surface area contributed by atoms with Crippen molar-refractivity contribution in [3.63, 3.8) is 0 Å². The van der Waals surface area contributed by atoms with Gasteiger partial charge in [0.05, 0.1) is 0 Å². The van der Waals surface area contributed by atoms with E-state index >= 15 is 0 Å². The first-order valence-electron chi connectivity index (χ1n) is 9.44. The fourth-order valence-electron chi connectivity index (χ4n) is 4.80. The van der Waals surface area contributed by atoms with E-state index in [-0.39, 0.29) is 0 Å². The van der Waals surface area contributed by atoms with E-state index in [0.29, 0.717) is 6.61 Å². The molecule has 2 fully saturated rings. The van der Waals surface area contributed by atoms with E-state index in [1.165, 1.54) is 38.5 Å². The van der Waals surface area contributed by atoms with Crippen LogP contribution in [0, 0.1) is 23.7 Å². The molecule has 2 aliphatic rings. The van der Waals surface area contributed by atoms with Crippen molar-refractivity contribution < 1.29 is 9.84 Å². The van der Waals surface area contributed by atoms with Gasteiger partial charge in [0.15, 0.2) is 5.79 Å². The lowest BCUT2D eigenvalue weighted by atomic mass is 9.66. The van der Waals surface area contributed by atoms with E-state index in [4.69, 9.17) is 4.74 Å². The van der Waals surface area contributed by atoms with Gasteiger partial charge in [-0.25, -0.2) is 0 Å². The monoisotopic (exact) mass is 296 g/mol. The SMILES string of the molecule is CCCCC1CCC(C2CCC(O)(OCC)CC2)CC1C. The number of rotatable bonds is 6. The molecule has 0 aromatic heterocycles. The molecular weight excluding hydrogens is 260 g/mol. The molecule has 1 N–H and O–H groups in total. The topological polar surface area (TPSA) is 29.5 Å². The van der Waals surface area contributed by atoms with Crippen molar-refractivity contribution in [3.8, 4) is 0 Å². The molecule has 21 heavy (non-hydrogen) atoms. The molecule has 2 aliphatic carbocycles. The van der Waals surface area contributed by atoms with Crippen molar-refractivity contribution in [2.75, 3.05) is 6.61 Å². The zero-order valence-electron chi connectivity index (χ0n) is 14.4. The Kier molecular flexibility index (Phi) is 6.55. The second-order valence-corrected chi connectivity index (χ2v) is 7.67. The highest BCUT2D eigenvalue weighted by molar-refractivity contribution is 4.86. The van der Waals surface area contributed by atoms with Crippen LogP contribution < -0.4 is 0 Å². The minimum atomic E-state index is -0.810. The molecule has 2 heteroatoms. The molecule has 0 aromatic carbocycles. The van der Waals surface area contributed by atoms with Crippen LogP contribution in [0.4, 0.5) is 0 Å². The smallest absolute Gasteiger partial charge is 0.165 e. The molecule has 0 spiro atoms. The molecule has 3 atom stereocenters. The summed E-state index contributed by atoms with van der Waals surface area (Å²) in [6.45, 7) is 7.38. The maximum Gasteiger partial charge on any atom is 0.165 e. The van der Waals surface area contributed by atoms with Crippen molar-refractivity contribution in [2.45, 2.75) is 90.8 Å². The number of aliphatic hydroxyl groups is 1. The summed E-state index contributed by atoms with van der Waals surface area (Å²) < 4.78 is 5.54. The van der Waals surface area contributed by atoms with Gasteiger partial charge in [-0.1, -0.05) is 33.1 Å². The van der Waals surface area contributed by atoms with E-state index in [9.17, 15) is 5.11 Å². The summed E-state index contributed by atoms with van der Waals surface area (Å²) in [7, 11) is 0. The van der Waals surface area contributed by atoms with Crippen LogP contribution in [0.2, 0.25) is 0 Å². The molecule has 0 saturated heterocycles. The van der Waals surface area contributed by atoms with Crippen LogP contribution >= 0.6 is 0 Å². The maximum absolute atomic E-state index is 10.4. The molecule has 0 bridgehead atoms. The maximum atomic E-state index is 10.4. The molecule has 2 rings (SSSR count). The predicted octanol–water partition coefficient (Wildman–Crippen LogP) is 5.14. The van der Waals surface area contributed by atoms with Crippen molar-refractivity contribution in [3.05, 3.63) is 0 Å². The van der Waals surface area contributed by atoms with E-state index in [1.807, 2.05) is 6.92 Å². The largest absolute Gasteiger partial charge is 0.365 e. The normalized spacial score (nSPS) is 41.1. The number of unbranched alkanes of at least 4 members (excludes halogenated alkanes) is 1. The summed E-state index contributed by atoms with van der Waals surface area (Å²) in [6, 6.07) is 0. The Balaban J connectivity index is 1.77. The highest BCUT2D eigenvalue weighted by atomic mass is 16.6. The molecule has 0 amide bonds. The Hall–Kier alpha value is -0.0800. The summed E-state index contributed by atoms with van der Waals surface area (Å²) in [5, 5.41) is 10.4. The average molecular weight is 296 g/mol. The quantitative estimate of drug-likeness (QED) is 0.687. The zero-order chi connectivity index (χ0) is 15.3. The fraction of sp³-hybridized carbons (Fsp3) is 1.00. The third-order valence-corrected chi connectivity index (χ3v) is 6.21. The molecule has 2 saturated carbocycles. The highest BCUT2D eigenvalue weighted by Gasteiger charge is 2.38. The lowest BCUT2D eigenvalue weighted by Crippen LogP contribution is -2.39. The molecule has 3 unspecified atom stereocenters. The van der Waals surface area contributed by atoms with Crippen LogP contribution in [0.15, 0.2) is 0 Å². The van der Waals surface area contributed by atoms with Gasteiger partial charge in [0.2, 0.25) is 0 Å². The van der Waals surface area contributed by atoms with Crippen molar-refractivity contribution in [1.82, 2.24) is 0 Å². The van der Waals surface area contributed by atoms with Gasteiger partial charge in [0.1, 0.15) is 0 Å². The van der Waals surface area contributed by atoms with E-state index in [0.717, 1.165) is 49.4 Å². The van der Waals surface area contributed by atoms with Crippen molar-refractivity contribution in [1.29, 1.82) is 0 Å². The third-order valence-electron chi connectivity index (χ3n) is 6.21. The zero-order valence-corrected chi connectivity index (χ0v) is 14.4. The third kappa shape index (κ3) is 4.69. The summed E-state index contributed by atoms with van der Waals surface area (Å²) in [4.78, 5) is 0. The van der Waals surface area contributed by atoms with Crippen LogP contribution in [-0.4, -0.2) is 17.5 Å². The van der Waals surface area contributed by atoms with Crippen LogP contribution in [-0.2, 0) is 4.74 Å². The summed E-state index contributed by atoms with van der Waals surface area (Å²) in [5.74, 6) is 2.81. The van der Waals surface area contributed by atoms with E-state index in [2.05, 4.69) is 13.8 Å². The minimum Gasteiger partial charge on any atom is -0.365 e. The Bertz CT molecular complexity index is 294. The second kappa shape index (κ2) is 7.97. The van der Waals surface area contributed by atoms with Gasteiger partial charge < -0.3 is 9.84 Å². The highest BCUT2D eigenvalue weighted by Crippen LogP contribution is 2.45. The second-order valence-electron chi connectivity index (χ2n) is 7.67. The van der Waals surface area contributed by atoms with Gasteiger partial charge in [-0.3, -0.25) is 0 Å². The molecule has 2 nitrogen and oxygen atoms in total. The van der Waals surface area contributed by atoms with Gasteiger partial charge in [-0.05, 0) is 62.7 Å². The number of hydrogen-bond donors (Lipinski definition) is 1. The Labute approximate surface area is 131 Å². The Morgan fingerprint density at radius 1 is 1.05 bits per heavy atom. The standard InChI is InChI=1S/C19H36O2/c1-4-6-7-16-8-9-18(14-15(16)3)17-10-12-19(20,13-11-17)21-5-2/h15-18,20H,4-14H2,1-3H3. The van der Waals surface area contributed by atoms with Gasteiger partial charge in [0.25, 0.3) is 0 Å². The summed E-state index contributed by atoms with van der Waals surface area (Å²) in [6.07, 6.45) is 12.5. The van der Waals surface area contributed by atoms with Gasteiger partial charge in [-0.2, -0.15) is 0 Å². The number of ether oxygens (including phenoxy) is 1. The lowest BCUT2D eigenvalue weighted by Gasteiger charge is -2.42. The first-order chi connectivity index (χ1) is 10.1. The van der Waals surface area contributed by atoms with E-state index < -0.39 is 5.79 Å². The van der Waals surface area contributed by atoms with Crippen molar-refractivity contribution in [2.24, 2.45) is 23.7 Å². The van der Waals surface area contributed by atoms with Crippen molar-refractivity contribution >= 4 is 0 Å². The van der Waals surface area contributed by atoms with Crippen LogP contribution in [0.25, 0.3) is 0 Å². The summed E-state index contributed by atoms with van der Waals surface area (Å²) >= 11 is 0. The van der Waals surface area contributed by atoms with Gasteiger partial charge in [-0.15, -0.1) is 0 Å². The molecule has 0 aliphatic heterocycles. The molecule has 0 heterocycles. The number of hydrogen-bond acceptors (Lipinski definition) is 2. The molecule has 0 aromatic rings. The first kappa shape index (κ1) is 17.3. The van der Waals surface area contributed by atoms with Crippen LogP contribution in [0.3, 0.4) is 0 Å². The van der Waals surface area contributed by atoms with Crippen LogP contribution in [0.1, 0.15) is 85.0 Å². The molecule has 0 radical (unpaired) electrons. The molecule has 124 valence electrons. The van der Waals surface area contributed by atoms with Gasteiger partial charge >= 0.3 is 0 Å².